The van der Waals surface area contributed by atoms with Crippen molar-refractivity contribution in [3.05, 3.63) is 0 Å². The van der Waals surface area contributed by atoms with E-state index in [0.29, 0.717) is 0 Å². The molecule has 0 aromatic heterocycles. The molecule has 7 nitrogen and oxygen atoms in total. The lowest BCUT2D eigenvalue weighted by molar-refractivity contribution is -0.906. The Morgan fingerprint density at radius 1 is 0.680 bits per heavy atom. The summed E-state index contributed by atoms with van der Waals surface area (Å²) in [5.74, 6) is 0. The van der Waals surface area contributed by atoms with Crippen LogP contribution < -0.4 is 9.79 Å². The summed E-state index contributed by atoms with van der Waals surface area (Å²) in [4.78, 5) is 18.4. The Morgan fingerprint density at radius 2 is 0.920 bits per heavy atom. The van der Waals surface area contributed by atoms with Crippen molar-refractivity contribution in [1.82, 2.24) is 0 Å². The highest BCUT2D eigenvalue weighted by Gasteiger charge is 2.15. The van der Waals surface area contributed by atoms with Crippen LogP contribution in [0, 0.1) is 0 Å². The van der Waals surface area contributed by atoms with Crippen LogP contribution in [0.15, 0.2) is 0 Å². The van der Waals surface area contributed by atoms with Crippen molar-refractivity contribution in [3.63, 3.8) is 0 Å². The minimum atomic E-state index is -2.60. The maximum Gasteiger partial charge on any atom is 0.102 e. The average molecular weight is 387 g/mol. The minimum Gasteiger partial charge on any atom is -0.820 e. The van der Waals surface area contributed by atoms with E-state index in [0.717, 1.165) is 42.4 Å². The van der Waals surface area contributed by atoms with E-state index in [1.807, 2.05) is 0 Å². The molecule has 0 saturated carbocycles. The minimum absolute atomic E-state index is 0.873. The molecule has 0 aliphatic heterocycles. The first-order valence-corrected chi connectivity index (χ1v) is 10.1. The molecule has 0 radical (unpaired) electrons. The van der Waals surface area contributed by atoms with Crippen molar-refractivity contribution >= 4 is 8.60 Å². The maximum atomic E-state index is 9.18. The summed E-state index contributed by atoms with van der Waals surface area (Å²) in [6.45, 7) is 17.7. The number of methoxy groups -OCH3 is 2. The fourth-order valence-corrected chi connectivity index (χ4v) is 1.70. The molecule has 0 fully saturated rings. The van der Waals surface area contributed by atoms with Gasteiger partial charge in [0.2, 0.25) is 0 Å². The quantitative estimate of drug-likeness (QED) is 0.388. The molecule has 0 aromatic rings. The Balaban J connectivity index is -0.000000308. The van der Waals surface area contributed by atoms with E-state index in [2.05, 4.69) is 46.3 Å². The lowest BCUT2D eigenvalue weighted by Gasteiger charge is -2.31. The van der Waals surface area contributed by atoms with Gasteiger partial charge in [0.1, 0.15) is 13.1 Å². The summed E-state index contributed by atoms with van der Waals surface area (Å²) in [6.07, 6.45) is 0. The highest BCUT2D eigenvalue weighted by Crippen LogP contribution is 2.07. The lowest BCUT2D eigenvalue weighted by atomic mass is 10.4. The van der Waals surface area contributed by atoms with Crippen LogP contribution in [0.4, 0.5) is 0 Å². The number of quaternary nitrogens is 2. The first kappa shape index (κ1) is 29.9. The van der Waals surface area contributed by atoms with E-state index in [-0.39, 0.29) is 0 Å². The highest BCUT2D eigenvalue weighted by molar-refractivity contribution is 7.36. The second kappa shape index (κ2) is 18.9. The van der Waals surface area contributed by atoms with Gasteiger partial charge < -0.3 is 32.8 Å². The molecular weight excluding hydrogens is 343 g/mol. The van der Waals surface area contributed by atoms with E-state index in [1.165, 1.54) is 26.2 Å². The van der Waals surface area contributed by atoms with Gasteiger partial charge in [-0.3, -0.25) is 0 Å². The van der Waals surface area contributed by atoms with Crippen molar-refractivity contribution in [2.45, 2.75) is 27.7 Å². The predicted molar refractivity (Wildman–Crippen MR) is 102 cm³/mol. The highest BCUT2D eigenvalue weighted by atomic mass is 31.2. The van der Waals surface area contributed by atoms with E-state index in [4.69, 9.17) is 9.47 Å². The summed E-state index contributed by atoms with van der Waals surface area (Å²) in [5.41, 5.74) is 0. The van der Waals surface area contributed by atoms with Gasteiger partial charge >= 0.3 is 0 Å². The molecule has 0 atom stereocenters. The first-order chi connectivity index (χ1) is 11.6. The molecule has 0 heterocycles. The zero-order chi connectivity index (χ0) is 20.4. The molecule has 0 bridgehead atoms. The molecule has 0 aliphatic rings. The van der Waals surface area contributed by atoms with Gasteiger partial charge in [-0.1, -0.05) is 0 Å². The van der Waals surface area contributed by atoms with Crippen molar-refractivity contribution in [2.75, 3.05) is 87.9 Å². The third kappa shape index (κ3) is 20.3. The summed E-state index contributed by atoms with van der Waals surface area (Å²) < 4.78 is 16.0. The van der Waals surface area contributed by atoms with Crippen LogP contribution in [0.3, 0.4) is 0 Å². The fourth-order valence-electron chi connectivity index (χ4n) is 1.70. The molecule has 156 valence electrons. The zero-order valence-corrected chi connectivity index (χ0v) is 18.9. The molecule has 25 heavy (non-hydrogen) atoms. The standard InChI is InChI=1S/2C8H20NO.CH3O3P/c2*1-5-9(3,6-2)7-8-10-4;1-4-5(2)3/h2*5-8H2,1-4H3;1H3/q2*+1;-2. The molecule has 0 spiro atoms. The van der Waals surface area contributed by atoms with Crippen LogP contribution >= 0.6 is 8.60 Å². The van der Waals surface area contributed by atoms with Gasteiger partial charge in [-0.05, 0) is 27.7 Å². The molecular formula is C17H43N2O5P. The van der Waals surface area contributed by atoms with Crippen molar-refractivity contribution < 1.29 is 32.8 Å². The number of ether oxygens (including phenoxy) is 2. The molecule has 8 heteroatoms. The van der Waals surface area contributed by atoms with Gasteiger partial charge in [0.05, 0.1) is 53.5 Å². The molecule has 0 aromatic carbocycles. The summed E-state index contributed by atoms with van der Waals surface area (Å²) >= 11 is 0. The zero-order valence-electron chi connectivity index (χ0n) is 18.0. The third-order valence-electron chi connectivity index (χ3n) is 4.87. The van der Waals surface area contributed by atoms with Gasteiger partial charge in [0.25, 0.3) is 0 Å². The van der Waals surface area contributed by atoms with Crippen molar-refractivity contribution in [2.24, 2.45) is 0 Å². The van der Waals surface area contributed by atoms with Gasteiger partial charge in [-0.2, -0.15) is 8.60 Å². The molecule has 0 rings (SSSR count). The molecule has 0 saturated heterocycles. The molecule has 0 aliphatic carbocycles. The van der Waals surface area contributed by atoms with Gasteiger partial charge in [-0.15, -0.1) is 0 Å². The smallest absolute Gasteiger partial charge is 0.102 e. The first-order valence-electron chi connectivity index (χ1n) is 8.97. The van der Waals surface area contributed by atoms with Crippen molar-refractivity contribution in [1.29, 1.82) is 0 Å². The van der Waals surface area contributed by atoms with Crippen LogP contribution in [0.25, 0.3) is 0 Å². The summed E-state index contributed by atoms with van der Waals surface area (Å²) in [7, 11) is 6.55. The fraction of sp³-hybridized carbons (Fsp3) is 1.00. The Morgan fingerprint density at radius 3 is 1.04 bits per heavy atom. The monoisotopic (exact) mass is 386 g/mol. The third-order valence-corrected chi connectivity index (χ3v) is 5.17. The number of nitrogens with zero attached hydrogens (tertiary/aromatic N) is 2. The maximum absolute atomic E-state index is 9.18. The van der Waals surface area contributed by atoms with Gasteiger partial charge in [0, 0.05) is 21.3 Å². The van der Waals surface area contributed by atoms with Crippen LogP contribution in [-0.2, 0) is 14.0 Å². The number of hydrogen-bond donors (Lipinski definition) is 0. The second-order valence-corrected chi connectivity index (χ2v) is 7.16. The average Bonchev–Trinajstić information content (AvgIpc) is 2.65. The van der Waals surface area contributed by atoms with Crippen LogP contribution in [0.5, 0.6) is 0 Å². The van der Waals surface area contributed by atoms with Crippen LogP contribution in [0.1, 0.15) is 27.7 Å². The van der Waals surface area contributed by atoms with E-state index in [9.17, 15) is 9.79 Å². The largest absolute Gasteiger partial charge is 0.820 e. The normalized spacial score (nSPS) is 11.5. The Hall–Kier alpha value is 0.150. The number of hydrogen-bond acceptors (Lipinski definition) is 5. The number of rotatable bonds is 11. The van der Waals surface area contributed by atoms with E-state index < -0.39 is 8.60 Å². The Labute approximate surface area is 157 Å². The van der Waals surface area contributed by atoms with Crippen LogP contribution in [-0.4, -0.2) is 96.9 Å². The van der Waals surface area contributed by atoms with E-state index >= 15 is 0 Å². The van der Waals surface area contributed by atoms with Crippen molar-refractivity contribution in [3.8, 4) is 0 Å². The predicted octanol–water partition coefficient (Wildman–Crippen LogP) is 0.819. The Bertz CT molecular complexity index is 241. The second-order valence-electron chi connectivity index (χ2n) is 6.34. The van der Waals surface area contributed by atoms with Crippen LogP contribution in [0.2, 0.25) is 0 Å². The Kier molecular flexibility index (Phi) is 22.6. The van der Waals surface area contributed by atoms with E-state index in [1.54, 1.807) is 14.2 Å². The summed E-state index contributed by atoms with van der Waals surface area (Å²) in [6, 6.07) is 0. The topological polar surface area (TPSA) is 73.8 Å². The molecule has 0 unspecified atom stereocenters. The number of likely N-dealkylation sites (N-methyl/N-ethyl adjacent to an activating group) is 2. The summed E-state index contributed by atoms with van der Waals surface area (Å²) in [5, 5.41) is 0. The lowest BCUT2D eigenvalue weighted by Crippen LogP contribution is -2.45. The molecule has 0 N–H and O–H groups in total. The van der Waals surface area contributed by atoms with Gasteiger partial charge in [0.15, 0.2) is 0 Å². The SMILES string of the molecule is CC[N+](C)(CC)CCOC.CC[N+](C)(CC)CCOC.COP([O-])[O-]. The van der Waals surface area contributed by atoms with Gasteiger partial charge in [-0.25, -0.2) is 0 Å². The molecule has 0 amide bonds.